The van der Waals surface area contributed by atoms with Crippen molar-refractivity contribution in [1.82, 2.24) is 25.0 Å². The summed E-state index contributed by atoms with van der Waals surface area (Å²) in [5, 5.41) is 18.4. The van der Waals surface area contributed by atoms with E-state index in [1.807, 2.05) is 11.1 Å². The summed E-state index contributed by atoms with van der Waals surface area (Å²) in [7, 11) is -2.89. The Labute approximate surface area is 298 Å². The van der Waals surface area contributed by atoms with Gasteiger partial charge in [0.15, 0.2) is 11.9 Å². The number of esters is 1. The fourth-order valence-electron chi connectivity index (χ4n) is 4.77. The first-order valence-electron chi connectivity index (χ1n) is 17.1. The number of ether oxygens (including phenoxy) is 2. The molecule has 0 bridgehead atoms. The third-order valence-electron chi connectivity index (χ3n) is 7.60. The van der Waals surface area contributed by atoms with Crippen LogP contribution in [0.5, 0.6) is 0 Å². The van der Waals surface area contributed by atoms with Gasteiger partial charge in [-0.1, -0.05) is 67.7 Å². The molecule has 1 saturated heterocycles. The summed E-state index contributed by atoms with van der Waals surface area (Å²) < 4.78 is 45.4. The summed E-state index contributed by atoms with van der Waals surface area (Å²) in [6.07, 6.45) is 23.8. The van der Waals surface area contributed by atoms with Crippen molar-refractivity contribution in [2.24, 2.45) is 0 Å². The normalized spacial score (nSPS) is 22.2. The topological polar surface area (TPSA) is 190 Å². The summed E-state index contributed by atoms with van der Waals surface area (Å²) >= 11 is 0. The van der Waals surface area contributed by atoms with Crippen LogP contribution in [0.3, 0.4) is 0 Å². The molecule has 1 aliphatic heterocycles. The van der Waals surface area contributed by atoms with Gasteiger partial charge >= 0.3 is 19.3 Å². The molecule has 1 aromatic rings. The molecule has 284 valence electrons. The SMILES string of the molecule is CC/C=C\C/C=C\C/C=C\C/C=C\C/C=C\CCCC(=O)NCCNP(=O)(NCC(=O)OC)OC[C@H]1OC(n2ccc(=O)[nH]c2=O)[C@](C)(F)[C@@H]1O. The number of alkyl halides is 1. The van der Waals surface area contributed by atoms with Crippen LogP contribution >= 0.6 is 7.67 Å². The molecule has 0 aliphatic carbocycles. The van der Waals surface area contributed by atoms with E-state index in [0.29, 0.717) is 12.8 Å². The van der Waals surface area contributed by atoms with Gasteiger partial charge in [0.05, 0.1) is 13.7 Å². The standard InChI is InChI=1S/C35H53FN5O9P/c1-4-5-6-7-8-9-10-11-12-13-14-15-16-17-18-19-20-21-29(42)37-23-24-38-51(47,39-26-31(44)48-3)49-27-28-32(45)35(2,36)33(50-28)41-25-22-30(43)40-34(41)46/h5-6,8-9,11-12,14-15,17-18,22,25,28,32-33,45H,4,7,10,13,16,19-21,23-24,26-27H2,1-3H3,(H,37,42)(H2,38,39,47)(H,40,43,46)/b6-5-,9-8-,12-11-,15-14-,18-17-/t28-,32-,33?,35-,51?/m1/s1. The van der Waals surface area contributed by atoms with E-state index in [-0.39, 0.29) is 19.0 Å². The Morgan fingerprint density at radius 1 is 1.02 bits per heavy atom. The number of aromatic amines is 1. The van der Waals surface area contributed by atoms with Gasteiger partial charge in [-0.25, -0.2) is 19.4 Å². The van der Waals surface area contributed by atoms with Crippen LogP contribution in [-0.2, 0) is 28.2 Å². The lowest BCUT2D eigenvalue weighted by Gasteiger charge is -2.25. The maximum absolute atomic E-state index is 15.5. The van der Waals surface area contributed by atoms with Gasteiger partial charge in [0, 0.05) is 31.8 Å². The molecule has 0 saturated carbocycles. The highest BCUT2D eigenvalue weighted by Crippen LogP contribution is 2.43. The lowest BCUT2D eigenvalue weighted by Crippen LogP contribution is -2.44. The van der Waals surface area contributed by atoms with Crippen molar-refractivity contribution < 1.29 is 37.6 Å². The summed E-state index contributed by atoms with van der Waals surface area (Å²) in [6.45, 7) is 2.06. The second-order valence-electron chi connectivity index (χ2n) is 11.8. The Balaban J connectivity index is 1.72. The molecule has 5 atom stereocenters. The Bertz CT molecular complexity index is 1540. The van der Waals surface area contributed by atoms with Crippen molar-refractivity contribution in [3.63, 3.8) is 0 Å². The molecule has 1 amide bonds. The van der Waals surface area contributed by atoms with Gasteiger partial charge in [-0.3, -0.25) is 28.5 Å². The fourth-order valence-corrected chi connectivity index (χ4v) is 6.17. The van der Waals surface area contributed by atoms with E-state index in [1.54, 1.807) is 0 Å². The van der Waals surface area contributed by atoms with E-state index in [4.69, 9.17) is 9.26 Å². The van der Waals surface area contributed by atoms with Crippen molar-refractivity contribution in [2.75, 3.05) is 33.4 Å². The first-order valence-corrected chi connectivity index (χ1v) is 18.7. The Morgan fingerprint density at radius 3 is 2.22 bits per heavy atom. The zero-order valence-electron chi connectivity index (χ0n) is 29.6. The van der Waals surface area contributed by atoms with Gasteiger partial charge in [-0.05, 0) is 51.9 Å². The maximum Gasteiger partial charge on any atom is 0.341 e. The molecule has 2 unspecified atom stereocenters. The monoisotopic (exact) mass is 737 g/mol. The molecule has 1 aliphatic rings. The average Bonchev–Trinajstić information content (AvgIpc) is 3.33. The van der Waals surface area contributed by atoms with E-state index in [1.165, 1.54) is 0 Å². The first kappa shape index (κ1) is 43.4. The molecular weight excluding hydrogens is 684 g/mol. The highest BCUT2D eigenvalue weighted by Gasteiger charge is 2.55. The van der Waals surface area contributed by atoms with Crippen molar-refractivity contribution in [2.45, 2.75) is 89.3 Å². The second-order valence-corrected chi connectivity index (χ2v) is 13.8. The lowest BCUT2D eigenvalue weighted by molar-refractivity contribution is -0.139. The molecule has 5 N–H and O–H groups in total. The number of unbranched alkanes of at least 4 members (excludes halogenated alkanes) is 1. The number of nitrogens with one attached hydrogen (secondary N) is 4. The first-order chi connectivity index (χ1) is 24.4. The molecule has 14 nitrogen and oxygen atoms in total. The summed E-state index contributed by atoms with van der Waals surface area (Å²) in [5.74, 6) is -0.942. The zero-order chi connectivity index (χ0) is 37.5. The minimum atomic E-state index is -4.04. The average molecular weight is 738 g/mol. The number of carbonyl (C=O) groups is 2. The van der Waals surface area contributed by atoms with Crippen LogP contribution in [0.2, 0.25) is 0 Å². The third-order valence-corrected chi connectivity index (χ3v) is 9.33. The van der Waals surface area contributed by atoms with Gasteiger partial charge in [0.1, 0.15) is 18.8 Å². The number of aromatic nitrogens is 2. The zero-order valence-corrected chi connectivity index (χ0v) is 30.5. The number of hydrogen-bond acceptors (Lipinski definition) is 9. The number of aliphatic hydroxyl groups excluding tert-OH is 1. The Kier molecular flexibility index (Phi) is 20.2. The molecule has 0 aromatic carbocycles. The number of aliphatic hydroxyl groups is 1. The predicted molar refractivity (Wildman–Crippen MR) is 194 cm³/mol. The van der Waals surface area contributed by atoms with Gasteiger partial charge in [0.2, 0.25) is 5.91 Å². The van der Waals surface area contributed by atoms with Gasteiger partial charge in [-0.2, -0.15) is 0 Å². The number of H-pyrrole nitrogens is 1. The van der Waals surface area contributed by atoms with Crippen LogP contribution in [0.15, 0.2) is 82.6 Å². The molecule has 1 fully saturated rings. The third kappa shape index (κ3) is 16.4. The number of halogens is 1. The Hall–Kier alpha value is -3.72. The van der Waals surface area contributed by atoms with Crippen molar-refractivity contribution in [3.05, 3.63) is 93.9 Å². The van der Waals surface area contributed by atoms with E-state index >= 15 is 4.39 Å². The van der Waals surface area contributed by atoms with Gasteiger partial charge < -0.3 is 24.4 Å². The largest absolute Gasteiger partial charge is 0.468 e. The smallest absolute Gasteiger partial charge is 0.341 e. The highest BCUT2D eigenvalue weighted by molar-refractivity contribution is 7.54. The molecule has 16 heteroatoms. The Morgan fingerprint density at radius 2 is 1.63 bits per heavy atom. The molecular formula is C35H53FN5O9P. The number of nitrogens with zero attached hydrogens (tertiary/aromatic N) is 1. The maximum atomic E-state index is 15.5. The summed E-state index contributed by atoms with van der Waals surface area (Å²) in [5.41, 5.74) is -4.14. The minimum absolute atomic E-state index is 0.0315. The van der Waals surface area contributed by atoms with Crippen molar-refractivity contribution >= 4 is 19.5 Å². The molecule has 51 heavy (non-hydrogen) atoms. The number of amides is 1. The van der Waals surface area contributed by atoms with Gasteiger partial charge in [-0.15, -0.1) is 0 Å². The molecule has 1 aromatic heterocycles. The number of carbonyl (C=O) groups excluding carboxylic acids is 2. The van der Waals surface area contributed by atoms with Gasteiger partial charge in [0.25, 0.3) is 5.56 Å². The van der Waals surface area contributed by atoms with Crippen LogP contribution in [0.25, 0.3) is 0 Å². The van der Waals surface area contributed by atoms with Crippen molar-refractivity contribution in [1.29, 1.82) is 0 Å². The number of allylic oxidation sites excluding steroid dienone is 10. The molecule has 0 radical (unpaired) electrons. The highest BCUT2D eigenvalue weighted by atomic mass is 31.2. The second kappa shape index (κ2) is 23.7. The molecule has 2 rings (SSSR count). The molecule has 2 heterocycles. The van der Waals surface area contributed by atoms with E-state index in [0.717, 1.165) is 69.4 Å². The van der Waals surface area contributed by atoms with E-state index in [2.05, 4.69) is 81.8 Å². The number of hydrogen-bond donors (Lipinski definition) is 5. The summed E-state index contributed by atoms with van der Waals surface area (Å²) in [4.78, 5) is 49.6. The summed E-state index contributed by atoms with van der Waals surface area (Å²) in [6, 6.07) is 0.997. The minimum Gasteiger partial charge on any atom is -0.468 e. The lowest BCUT2D eigenvalue weighted by atomic mass is 9.98. The van der Waals surface area contributed by atoms with Crippen LogP contribution in [-0.4, -0.2) is 77.8 Å². The number of methoxy groups -OCH3 is 1. The quantitative estimate of drug-likeness (QED) is 0.0446. The number of rotatable bonds is 24. The van der Waals surface area contributed by atoms with Crippen LogP contribution in [0.1, 0.15) is 71.4 Å². The molecule has 0 spiro atoms. The van der Waals surface area contributed by atoms with Crippen molar-refractivity contribution in [3.8, 4) is 0 Å². The van der Waals surface area contributed by atoms with Crippen LogP contribution in [0.4, 0.5) is 4.39 Å². The van der Waals surface area contributed by atoms with Crippen LogP contribution < -0.4 is 26.7 Å². The van der Waals surface area contributed by atoms with E-state index < -0.39 is 62.1 Å². The van der Waals surface area contributed by atoms with E-state index in [9.17, 15) is 28.8 Å². The van der Waals surface area contributed by atoms with Crippen LogP contribution in [0, 0.1) is 0 Å². The predicted octanol–water partition coefficient (Wildman–Crippen LogP) is 4.04. The fraction of sp³-hybridized carbons (Fsp3) is 0.543.